The molecule has 1 fully saturated rings. The van der Waals surface area contributed by atoms with Crippen LogP contribution >= 0.6 is 11.3 Å². The summed E-state index contributed by atoms with van der Waals surface area (Å²) in [5.74, 6) is 0.0770. The molecule has 1 aliphatic rings. The van der Waals surface area contributed by atoms with Crippen molar-refractivity contribution in [3.8, 4) is 0 Å². The number of carbonyl (C=O) groups excluding carboxylic acids is 1. The van der Waals surface area contributed by atoms with E-state index in [0.29, 0.717) is 13.2 Å². The Labute approximate surface area is 136 Å². The van der Waals surface area contributed by atoms with Gasteiger partial charge < -0.3 is 10.1 Å². The van der Waals surface area contributed by atoms with Crippen LogP contribution in [0.1, 0.15) is 17.6 Å². The molecule has 1 N–H and O–H groups in total. The van der Waals surface area contributed by atoms with Crippen LogP contribution in [-0.4, -0.2) is 73.2 Å². The Kier molecular flexibility index (Phi) is 6.75. The summed E-state index contributed by atoms with van der Waals surface area (Å²) in [5, 5.41) is 6.21. The van der Waals surface area contributed by atoms with Crippen molar-refractivity contribution in [2.75, 3.05) is 46.4 Å². The number of rotatable bonds is 7. The molecule has 124 valence electrons. The molecule has 0 radical (unpaired) electrons. The predicted octanol–water partition coefficient (Wildman–Crippen LogP) is 0.720. The van der Waals surface area contributed by atoms with Gasteiger partial charge in [-0.25, -0.2) is 4.98 Å². The standard InChI is InChI=1S/C15H26N4O2S/c1-12(10-21-3)16-15(20)9-19-6-4-18(5-7-19)8-14-11-22-13(2)17-14/h11-12H,4-10H2,1-3H3,(H,16,20)/t12-/m0/s1. The Morgan fingerprint density at radius 3 is 2.68 bits per heavy atom. The van der Waals surface area contributed by atoms with Crippen LogP contribution < -0.4 is 5.32 Å². The van der Waals surface area contributed by atoms with Gasteiger partial charge in [0, 0.05) is 51.3 Å². The number of hydrogen-bond acceptors (Lipinski definition) is 6. The predicted molar refractivity (Wildman–Crippen MR) is 88.0 cm³/mol. The molecular formula is C15H26N4O2S. The largest absolute Gasteiger partial charge is 0.383 e. The van der Waals surface area contributed by atoms with Crippen LogP contribution in [0.2, 0.25) is 0 Å². The Balaban J connectivity index is 1.67. The highest BCUT2D eigenvalue weighted by molar-refractivity contribution is 7.09. The second kappa shape index (κ2) is 8.57. The molecule has 0 aromatic carbocycles. The first-order valence-electron chi connectivity index (χ1n) is 7.71. The van der Waals surface area contributed by atoms with Gasteiger partial charge in [-0.05, 0) is 13.8 Å². The summed E-state index contributed by atoms with van der Waals surface area (Å²) in [6, 6.07) is 0.0618. The van der Waals surface area contributed by atoms with Crippen molar-refractivity contribution in [2.24, 2.45) is 0 Å². The molecule has 1 aromatic heterocycles. The monoisotopic (exact) mass is 326 g/mol. The molecule has 1 amide bonds. The molecule has 0 aliphatic carbocycles. The van der Waals surface area contributed by atoms with Gasteiger partial charge in [0.25, 0.3) is 0 Å². The lowest BCUT2D eigenvalue weighted by atomic mass is 10.3. The first-order chi connectivity index (χ1) is 10.6. The Morgan fingerprint density at radius 1 is 1.41 bits per heavy atom. The van der Waals surface area contributed by atoms with E-state index in [4.69, 9.17) is 4.74 Å². The summed E-state index contributed by atoms with van der Waals surface area (Å²) in [4.78, 5) is 21.1. The first kappa shape index (κ1) is 17.3. The number of carbonyl (C=O) groups is 1. The molecule has 1 aliphatic heterocycles. The number of methoxy groups -OCH3 is 1. The quantitative estimate of drug-likeness (QED) is 0.800. The minimum atomic E-state index is 0.0618. The molecule has 1 saturated heterocycles. The number of amides is 1. The third-order valence-electron chi connectivity index (χ3n) is 3.71. The molecule has 1 atom stereocenters. The number of piperazine rings is 1. The van der Waals surface area contributed by atoms with Crippen LogP contribution in [0.3, 0.4) is 0 Å². The van der Waals surface area contributed by atoms with Crippen LogP contribution in [0.25, 0.3) is 0 Å². The molecule has 6 nitrogen and oxygen atoms in total. The van der Waals surface area contributed by atoms with Gasteiger partial charge in [-0.3, -0.25) is 14.6 Å². The summed E-state index contributed by atoms with van der Waals surface area (Å²) in [7, 11) is 1.64. The molecule has 7 heteroatoms. The highest BCUT2D eigenvalue weighted by atomic mass is 32.1. The van der Waals surface area contributed by atoms with E-state index < -0.39 is 0 Å². The Hall–Kier alpha value is -1.02. The normalized spacial score (nSPS) is 18.3. The number of thiazole rings is 1. The fourth-order valence-corrected chi connectivity index (χ4v) is 3.23. The number of aromatic nitrogens is 1. The molecule has 2 heterocycles. The molecule has 1 aromatic rings. The van der Waals surface area contributed by atoms with E-state index >= 15 is 0 Å². The molecule has 0 spiro atoms. The maximum absolute atomic E-state index is 11.9. The van der Waals surface area contributed by atoms with Crippen LogP contribution in [0.15, 0.2) is 5.38 Å². The van der Waals surface area contributed by atoms with Gasteiger partial charge in [-0.15, -0.1) is 11.3 Å². The van der Waals surface area contributed by atoms with Crippen molar-refractivity contribution in [1.82, 2.24) is 20.1 Å². The van der Waals surface area contributed by atoms with Gasteiger partial charge in [0.2, 0.25) is 5.91 Å². The minimum absolute atomic E-state index is 0.0618. The van der Waals surface area contributed by atoms with E-state index in [1.54, 1.807) is 18.4 Å². The summed E-state index contributed by atoms with van der Waals surface area (Å²) in [6.45, 7) is 9.74. The van der Waals surface area contributed by atoms with Gasteiger partial charge >= 0.3 is 0 Å². The van der Waals surface area contributed by atoms with Crippen LogP contribution in [0.5, 0.6) is 0 Å². The maximum Gasteiger partial charge on any atom is 0.234 e. The zero-order valence-corrected chi connectivity index (χ0v) is 14.5. The SMILES string of the molecule is COC[C@H](C)NC(=O)CN1CCN(Cc2csc(C)n2)CC1. The third-order valence-corrected chi connectivity index (χ3v) is 4.53. The van der Waals surface area contributed by atoms with Crippen molar-refractivity contribution in [1.29, 1.82) is 0 Å². The summed E-state index contributed by atoms with van der Waals surface area (Å²) in [6.07, 6.45) is 0. The number of nitrogens with one attached hydrogen (secondary N) is 1. The van der Waals surface area contributed by atoms with Crippen LogP contribution in [0.4, 0.5) is 0 Å². The molecule has 22 heavy (non-hydrogen) atoms. The smallest absolute Gasteiger partial charge is 0.234 e. The van der Waals surface area contributed by atoms with Crippen molar-refractivity contribution in [3.05, 3.63) is 16.1 Å². The number of nitrogens with zero attached hydrogens (tertiary/aromatic N) is 3. The lowest BCUT2D eigenvalue weighted by Crippen LogP contribution is -2.50. The van der Waals surface area contributed by atoms with Gasteiger partial charge in [0.05, 0.1) is 23.9 Å². The zero-order chi connectivity index (χ0) is 15.9. The van der Waals surface area contributed by atoms with Gasteiger partial charge in [-0.2, -0.15) is 0 Å². The zero-order valence-electron chi connectivity index (χ0n) is 13.7. The van der Waals surface area contributed by atoms with Crippen molar-refractivity contribution >= 4 is 17.2 Å². The number of ether oxygens (including phenoxy) is 1. The second-order valence-corrected chi connectivity index (χ2v) is 6.90. The Morgan fingerprint density at radius 2 is 2.09 bits per heavy atom. The van der Waals surface area contributed by atoms with Crippen LogP contribution in [0, 0.1) is 6.92 Å². The van der Waals surface area contributed by atoms with Gasteiger partial charge in [-0.1, -0.05) is 0 Å². The molecule has 0 unspecified atom stereocenters. The second-order valence-electron chi connectivity index (χ2n) is 5.83. The number of hydrogen-bond donors (Lipinski definition) is 1. The van der Waals surface area contributed by atoms with E-state index in [0.717, 1.165) is 43.4 Å². The van der Waals surface area contributed by atoms with E-state index in [-0.39, 0.29) is 11.9 Å². The summed E-state index contributed by atoms with van der Waals surface area (Å²) < 4.78 is 5.03. The van der Waals surface area contributed by atoms with Crippen molar-refractivity contribution < 1.29 is 9.53 Å². The van der Waals surface area contributed by atoms with Crippen LogP contribution in [-0.2, 0) is 16.1 Å². The average molecular weight is 326 g/mol. The molecule has 2 rings (SSSR count). The highest BCUT2D eigenvalue weighted by Gasteiger charge is 2.20. The maximum atomic E-state index is 11.9. The van der Waals surface area contributed by atoms with E-state index in [1.165, 1.54) is 0 Å². The van der Waals surface area contributed by atoms with Gasteiger partial charge in [0.15, 0.2) is 0 Å². The molecule has 0 bridgehead atoms. The first-order valence-corrected chi connectivity index (χ1v) is 8.59. The summed E-state index contributed by atoms with van der Waals surface area (Å²) in [5.41, 5.74) is 1.15. The molecular weight excluding hydrogens is 300 g/mol. The third kappa shape index (κ3) is 5.64. The van der Waals surface area contributed by atoms with E-state index in [9.17, 15) is 4.79 Å². The van der Waals surface area contributed by atoms with E-state index in [2.05, 4.69) is 25.5 Å². The number of aryl methyl sites for hydroxylation is 1. The fourth-order valence-electron chi connectivity index (χ4n) is 2.63. The van der Waals surface area contributed by atoms with Gasteiger partial charge in [0.1, 0.15) is 0 Å². The van der Waals surface area contributed by atoms with E-state index in [1.807, 2.05) is 13.8 Å². The topological polar surface area (TPSA) is 57.7 Å². The Bertz CT molecular complexity index is 472. The van der Waals surface area contributed by atoms with Crippen molar-refractivity contribution in [3.63, 3.8) is 0 Å². The minimum Gasteiger partial charge on any atom is -0.383 e. The summed E-state index contributed by atoms with van der Waals surface area (Å²) >= 11 is 1.70. The average Bonchev–Trinajstić information content (AvgIpc) is 2.86. The fraction of sp³-hybridized carbons (Fsp3) is 0.733. The lowest BCUT2D eigenvalue weighted by Gasteiger charge is -2.34. The lowest BCUT2D eigenvalue weighted by molar-refractivity contribution is -0.123. The molecule has 0 saturated carbocycles. The highest BCUT2D eigenvalue weighted by Crippen LogP contribution is 2.12. The van der Waals surface area contributed by atoms with Crippen molar-refractivity contribution in [2.45, 2.75) is 26.4 Å².